The lowest BCUT2D eigenvalue weighted by molar-refractivity contribution is 0.0628. The third kappa shape index (κ3) is 1.57. The van der Waals surface area contributed by atoms with E-state index in [0.29, 0.717) is 18.5 Å². The number of rotatable bonds is 0. The lowest BCUT2D eigenvalue weighted by Crippen LogP contribution is -2.44. The summed E-state index contributed by atoms with van der Waals surface area (Å²) in [5.74, 6) is -0.232. The second-order valence-electron chi connectivity index (χ2n) is 5.31. The first-order valence-electron chi connectivity index (χ1n) is 6.77. The van der Waals surface area contributed by atoms with Crippen LogP contribution in [0.4, 0.5) is 4.39 Å². The Bertz CT molecular complexity index is 713. The molecule has 2 aromatic rings. The molecule has 4 heteroatoms. The van der Waals surface area contributed by atoms with E-state index in [9.17, 15) is 9.18 Å². The van der Waals surface area contributed by atoms with Crippen LogP contribution in [0.5, 0.6) is 0 Å². The second-order valence-corrected chi connectivity index (χ2v) is 5.31. The molecule has 1 atom stereocenters. The molecule has 0 fully saturated rings. The third-order valence-corrected chi connectivity index (χ3v) is 4.23. The summed E-state index contributed by atoms with van der Waals surface area (Å²) in [5, 5.41) is 0. The summed E-state index contributed by atoms with van der Waals surface area (Å²) >= 11 is 0. The molecular weight excluding hydrogens is 255 g/mol. The van der Waals surface area contributed by atoms with Gasteiger partial charge in [0.05, 0.1) is 17.3 Å². The van der Waals surface area contributed by atoms with Crippen LogP contribution in [0.15, 0.2) is 36.5 Å². The molecule has 1 amide bonds. The number of carbonyl (C=O) groups excluding carboxylic acids is 1. The Kier molecular flexibility index (Phi) is 2.39. The van der Waals surface area contributed by atoms with Gasteiger partial charge in [0.15, 0.2) is 0 Å². The van der Waals surface area contributed by atoms with Gasteiger partial charge in [0.2, 0.25) is 0 Å². The van der Waals surface area contributed by atoms with Gasteiger partial charge in [-0.05, 0) is 41.8 Å². The quantitative estimate of drug-likeness (QED) is 0.735. The van der Waals surface area contributed by atoms with Crippen molar-refractivity contribution < 1.29 is 9.18 Å². The van der Waals surface area contributed by atoms with E-state index < -0.39 is 0 Å². The molecule has 3 heterocycles. The molecule has 0 bridgehead atoms. The first-order valence-corrected chi connectivity index (χ1v) is 6.77. The molecule has 20 heavy (non-hydrogen) atoms. The van der Waals surface area contributed by atoms with Crippen LogP contribution in [-0.2, 0) is 12.8 Å². The molecule has 100 valence electrons. The number of hydrogen-bond donors (Lipinski definition) is 0. The zero-order chi connectivity index (χ0) is 13.7. The van der Waals surface area contributed by atoms with E-state index in [1.54, 1.807) is 18.3 Å². The fraction of sp³-hybridized carbons (Fsp3) is 0.250. The molecule has 2 aliphatic heterocycles. The smallest absolute Gasteiger partial charge is 0.256 e. The monoisotopic (exact) mass is 268 g/mol. The normalized spacial score (nSPS) is 20.1. The Balaban J connectivity index is 1.85. The number of halogens is 1. The Morgan fingerprint density at radius 3 is 3.10 bits per heavy atom. The Hall–Kier alpha value is -2.23. The Morgan fingerprint density at radius 1 is 1.30 bits per heavy atom. The molecule has 0 N–H and O–H groups in total. The van der Waals surface area contributed by atoms with Crippen molar-refractivity contribution in [3.05, 3.63) is 64.7 Å². The molecule has 0 radical (unpaired) electrons. The van der Waals surface area contributed by atoms with Crippen molar-refractivity contribution in [2.75, 3.05) is 6.54 Å². The highest BCUT2D eigenvalue weighted by Crippen LogP contribution is 2.37. The van der Waals surface area contributed by atoms with E-state index in [2.05, 4.69) is 4.98 Å². The summed E-state index contributed by atoms with van der Waals surface area (Å²) in [6.45, 7) is 0.691. The van der Waals surface area contributed by atoms with Crippen molar-refractivity contribution in [2.24, 2.45) is 0 Å². The highest BCUT2D eigenvalue weighted by Gasteiger charge is 2.37. The van der Waals surface area contributed by atoms with Gasteiger partial charge in [-0.3, -0.25) is 9.78 Å². The maximum atomic E-state index is 13.5. The standard InChI is InChI=1S/C16H13FN2O/c17-11-4-3-10-5-7-19-15(13(10)8-11)9-14-12(16(19)20)2-1-6-18-14/h1-4,6,8,15H,5,7,9H2/t15-/m1/s1. The number of fused-ring (bicyclic) bond motifs is 4. The van der Waals surface area contributed by atoms with Gasteiger partial charge in [-0.2, -0.15) is 0 Å². The lowest BCUT2D eigenvalue weighted by atomic mass is 9.85. The summed E-state index contributed by atoms with van der Waals surface area (Å²) in [6, 6.07) is 8.42. The number of amides is 1. The molecule has 1 aromatic carbocycles. The average Bonchev–Trinajstić information content (AvgIpc) is 2.47. The molecule has 1 aromatic heterocycles. The van der Waals surface area contributed by atoms with Crippen molar-refractivity contribution in [3.63, 3.8) is 0 Å². The fourth-order valence-electron chi connectivity index (χ4n) is 3.26. The summed E-state index contributed by atoms with van der Waals surface area (Å²) in [6.07, 6.45) is 3.16. The topological polar surface area (TPSA) is 33.2 Å². The van der Waals surface area contributed by atoms with E-state index in [0.717, 1.165) is 23.2 Å². The molecule has 3 nitrogen and oxygen atoms in total. The molecule has 4 rings (SSSR count). The second kappa shape index (κ2) is 4.13. The SMILES string of the molecule is O=C1c2cccnc2C[C@@H]2c3cc(F)ccc3CCN12. The van der Waals surface area contributed by atoms with Crippen molar-refractivity contribution >= 4 is 5.91 Å². The fourth-order valence-corrected chi connectivity index (χ4v) is 3.26. The molecule has 0 saturated heterocycles. The predicted molar refractivity (Wildman–Crippen MR) is 71.8 cm³/mol. The largest absolute Gasteiger partial charge is 0.331 e. The van der Waals surface area contributed by atoms with Gasteiger partial charge in [-0.15, -0.1) is 0 Å². The minimum absolute atomic E-state index is 0.0132. The molecule has 0 spiro atoms. The minimum atomic E-state index is -0.245. The van der Waals surface area contributed by atoms with E-state index in [4.69, 9.17) is 0 Å². The van der Waals surface area contributed by atoms with Crippen LogP contribution in [0.2, 0.25) is 0 Å². The Morgan fingerprint density at radius 2 is 2.20 bits per heavy atom. The van der Waals surface area contributed by atoms with E-state index in [1.165, 1.54) is 6.07 Å². The van der Waals surface area contributed by atoms with Crippen LogP contribution in [0.1, 0.15) is 33.2 Å². The number of carbonyl (C=O) groups is 1. The summed E-state index contributed by atoms with van der Waals surface area (Å²) in [4.78, 5) is 18.7. The van der Waals surface area contributed by atoms with Gasteiger partial charge in [0.25, 0.3) is 5.91 Å². The third-order valence-electron chi connectivity index (χ3n) is 4.23. The van der Waals surface area contributed by atoms with Crippen LogP contribution in [-0.4, -0.2) is 22.3 Å². The number of aromatic nitrogens is 1. The first-order chi connectivity index (χ1) is 9.74. The average molecular weight is 268 g/mol. The molecule has 0 unspecified atom stereocenters. The van der Waals surface area contributed by atoms with Crippen LogP contribution >= 0.6 is 0 Å². The highest BCUT2D eigenvalue weighted by atomic mass is 19.1. The zero-order valence-electron chi connectivity index (χ0n) is 10.8. The van der Waals surface area contributed by atoms with Gasteiger partial charge in [-0.1, -0.05) is 6.07 Å². The number of benzene rings is 1. The summed E-state index contributed by atoms with van der Waals surface area (Å²) in [5.41, 5.74) is 3.57. The Labute approximate surface area is 116 Å². The van der Waals surface area contributed by atoms with Gasteiger partial charge in [0.1, 0.15) is 5.82 Å². The lowest BCUT2D eigenvalue weighted by Gasteiger charge is -2.40. The number of hydrogen-bond acceptors (Lipinski definition) is 2. The molecule has 0 saturated carbocycles. The summed E-state index contributed by atoms with van der Waals surface area (Å²) < 4.78 is 13.5. The van der Waals surface area contributed by atoms with E-state index in [1.807, 2.05) is 17.0 Å². The molecule has 2 aliphatic rings. The van der Waals surface area contributed by atoms with Crippen molar-refractivity contribution in [1.82, 2.24) is 9.88 Å². The van der Waals surface area contributed by atoms with Gasteiger partial charge >= 0.3 is 0 Å². The van der Waals surface area contributed by atoms with Crippen molar-refractivity contribution in [3.8, 4) is 0 Å². The van der Waals surface area contributed by atoms with Crippen LogP contribution in [0.3, 0.4) is 0 Å². The summed E-state index contributed by atoms with van der Waals surface area (Å²) in [7, 11) is 0. The highest BCUT2D eigenvalue weighted by molar-refractivity contribution is 5.96. The maximum absolute atomic E-state index is 13.5. The molecular formula is C16H13FN2O. The van der Waals surface area contributed by atoms with Gasteiger partial charge < -0.3 is 4.90 Å². The first kappa shape index (κ1) is 11.6. The van der Waals surface area contributed by atoms with E-state index >= 15 is 0 Å². The van der Waals surface area contributed by atoms with Crippen molar-refractivity contribution in [2.45, 2.75) is 18.9 Å². The number of pyridine rings is 1. The number of nitrogens with zero attached hydrogens (tertiary/aromatic N) is 2. The van der Waals surface area contributed by atoms with Gasteiger partial charge in [0, 0.05) is 19.2 Å². The van der Waals surface area contributed by atoms with Gasteiger partial charge in [-0.25, -0.2) is 4.39 Å². The zero-order valence-corrected chi connectivity index (χ0v) is 10.8. The van der Waals surface area contributed by atoms with Crippen LogP contribution in [0.25, 0.3) is 0 Å². The minimum Gasteiger partial charge on any atom is -0.331 e. The maximum Gasteiger partial charge on any atom is 0.256 e. The molecule has 0 aliphatic carbocycles. The van der Waals surface area contributed by atoms with Crippen LogP contribution < -0.4 is 0 Å². The van der Waals surface area contributed by atoms with E-state index in [-0.39, 0.29) is 17.8 Å². The van der Waals surface area contributed by atoms with Crippen LogP contribution in [0, 0.1) is 5.82 Å². The van der Waals surface area contributed by atoms with Crippen molar-refractivity contribution in [1.29, 1.82) is 0 Å². The predicted octanol–water partition coefficient (Wildman–Crippen LogP) is 2.52.